The molecular formula is C13H19NOS. The van der Waals surface area contributed by atoms with Crippen LogP contribution in [-0.4, -0.2) is 24.8 Å². The van der Waals surface area contributed by atoms with Crippen molar-refractivity contribution in [1.82, 2.24) is 4.90 Å². The van der Waals surface area contributed by atoms with Crippen LogP contribution in [0.15, 0.2) is 17.5 Å². The Hall–Kier alpha value is -0.670. The first kappa shape index (κ1) is 11.8. The molecular weight excluding hydrogens is 218 g/mol. The van der Waals surface area contributed by atoms with Crippen LogP contribution in [0.4, 0.5) is 0 Å². The van der Waals surface area contributed by atoms with Crippen molar-refractivity contribution in [1.29, 1.82) is 0 Å². The second-order valence-electron chi connectivity index (χ2n) is 4.80. The lowest BCUT2D eigenvalue weighted by Crippen LogP contribution is -2.29. The van der Waals surface area contributed by atoms with Crippen molar-refractivity contribution in [2.45, 2.75) is 31.7 Å². The summed E-state index contributed by atoms with van der Waals surface area (Å²) in [7, 11) is 4.28. The van der Waals surface area contributed by atoms with Crippen LogP contribution in [0.5, 0.6) is 0 Å². The van der Waals surface area contributed by atoms with Crippen molar-refractivity contribution >= 4 is 17.1 Å². The lowest BCUT2D eigenvalue weighted by molar-refractivity contribution is -0.121. The van der Waals surface area contributed by atoms with E-state index in [2.05, 4.69) is 36.5 Å². The fourth-order valence-corrected chi connectivity index (χ4v) is 3.66. The van der Waals surface area contributed by atoms with Gasteiger partial charge in [0.1, 0.15) is 5.78 Å². The van der Waals surface area contributed by atoms with Crippen LogP contribution in [0.3, 0.4) is 0 Å². The molecule has 0 aliphatic heterocycles. The highest BCUT2D eigenvalue weighted by molar-refractivity contribution is 7.10. The van der Waals surface area contributed by atoms with Crippen molar-refractivity contribution in [2.24, 2.45) is 5.92 Å². The summed E-state index contributed by atoms with van der Waals surface area (Å²) >= 11 is 1.83. The molecule has 1 atom stereocenters. The highest BCUT2D eigenvalue weighted by Gasteiger charge is 2.29. The first-order chi connectivity index (χ1) is 7.68. The van der Waals surface area contributed by atoms with Gasteiger partial charge in [-0.1, -0.05) is 6.07 Å². The Morgan fingerprint density at radius 2 is 2.06 bits per heavy atom. The van der Waals surface area contributed by atoms with Crippen LogP contribution in [-0.2, 0) is 4.79 Å². The average molecular weight is 237 g/mol. The zero-order valence-corrected chi connectivity index (χ0v) is 10.8. The summed E-state index contributed by atoms with van der Waals surface area (Å²) in [4.78, 5) is 15.0. The molecule has 3 heteroatoms. The molecule has 2 rings (SSSR count). The number of rotatable bonds is 3. The monoisotopic (exact) mass is 237 g/mol. The molecule has 1 aliphatic rings. The third-order valence-electron chi connectivity index (χ3n) is 3.43. The standard InChI is InChI=1S/C13H19NOS/c1-14(2)13(12-4-3-9-16-12)10-5-7-11(15)8-6-10/h3-4,9-10,13H,5-8H2,1-2H3. The van der Waals surface area contributed by atoms with Gasteiger partial charge < -0.3 is 4.90 Å². The van der Waals surface area contributed by atoms with E-state index in [0.717, 1.165) is 25.7 Å². The SMILES string of the molecule is CN(C)C(c1cccs1)C1CCC(=O)CC1. The minimum atomic E-state index is 0.444. The highest BCUT2D eigenvalue weighted by Crippen LogP contribution is 2.37. The fourth-order valence-electron chi connectivity index (χ4n) is 2.65. The maximum absolute atomic E-state index is 11.3. The third kappa shape index (κ3) is 2.53. The van der Waals surface area contributed by atoms with E-state index in [1.807, 2.05) is 11.3 Å². The van der Waals surface area contributed by atoms with Crippen molar-refractivity contribution < 1.29 is 4.79 Å². The number of ketones is 1. The Labute approximate surface area is 101 Å². The van der Waals surface area contributed by atoms with Crippen LogP contribution in [0.2, 0.25) is 0 Å². The predicted molar refractivity (Wildman–Crippen MR) is 67.7 cm³/mol. The molecule has 1 aromatic heterocycles. The molecule has 0 N–H and O–H groups in total. The first-order valence-corrected chi connectivity index (χ1v) is 6.78. The molecule has 16 heavy (non-hydrogen) atoms. The van der Waals surface area contributed by atoms with E-state index < -0.39 is 0 Å². The number of Topliss-reactive ketones (excluding diaryl/α,β-unsaturated/α-hetero) is 1. The molecule has 1 aliphatic carbocycles. The van der Waals surface area contributed by atoms with Crippen LogP contribution in [0.1, 0.15) is 36.6 Å². The van der Waals surface area contributed by atoms with Gasteiger partial charge in [0.25, 0.3) is 0 Å². The second-order valence-corrected chi connectivity index (χ2v) is 5.78. The maximum Gasteiger partial charge on any atom is 0.132 e. The van der Waals surface area contributed by atoms with Gasteiger partial charge in [0.05, 0.1) is 0 Å². The summed E-state index contributed by atoms with van der Waals surface area (Å²) in [5, 5.41) is 2.14. The summed E-state index contributed by atoms with van der Waals surface area (Å²) in [5.74, 6) is 1.09. The molecule has 88 valence electrons. The second kappa shape index (κ2) is 5.11. The van der Waals surface area contributed by atoms with Crippen LogP contribution in [0, 0.1) is 5.92 Å². The zero-order valence-electron chi connectivity index (χ0n) is 9.98. The van der Waals surface area contributed by atoms with Gasteiger partial charge in [-0.2, -0.15) is 0 Å². The number of hydrogen-bond donors (Lipinski definition) is 0. The summed E-state index contributed by atoms with van der Waals surface area (Å²) in [5.41, 5.74) is 0. The van der Waals surface area contributed by atoms with E-state index in [1.165, 1.54) is 4.88 Å². The fraction of sp³-hybridized carbons (Fsp3) is 0.615. The molecule has 1 unspecified atom stereocenters. The van der Waals surface area contributed by atoms with Gasteiger partial charge in [-0.15, -0.1) is 11.3 Å². The summed E-state index contributed by atoms with van der Waals surface area (Å²) in [6.07, 6.45) is 3.67. The van der Waals surface area contributed by atoms with Gasteiger partial charge in [-0.05, 0) is 44.3 Å². The molecule has 1 saturated carbocycles. The molecule has 1 aromatic rings. The van der Waals surface area contributed by atoms with E-state index >= 15 is 0 Å². The van der Waals surface area contributed by atoms with Gasteiger partial charge in [0, 0.05) is 23.8 Å². The van der Waals surface area contributed by atoms with Gasteiger partial charge in [-0.3, -0.25) is 4.79 Å². The van der Waals surface area contributed by atoms with Gasteiger partial charge >= 0.3 is 0 Å². The van der Waals surface area contributed by atoms with Crippen molar-refractivity contribution in [3.8, 4) is 0 Å². The van der Waals surface area contributed by atoms with E-state index in [4.69, 9.17) is 0 Å². The minimum Gasteiger partial charge on any atom is -0.301 e. The summed E-state index contributed by atoms with van der Waals surface area (Å²) in [6, 6.07) is 4.82. The van der Waals surface area contributed by atoms with Gasteiger partial charge in [-0.25, -0.2) is 0 Å². The summed E-state index contributed by atoms with van der Waals surface area (Å²) in [6.45, 7) is 0. The quantitative estimate of drug-likeness (QED) is 0.805. The molecule has 1 fully saturated rings. The molecule has 1 heterocycles. The molecule has 2 nitrogen and oxygen atoms in total. The maximum atomic E-state index is 11.3. The number of carbonyl (C=O) groups is 1. The number of carbonyl (C=O) groups excluding carboxylic acids is 1. The number of thiophene rings is 1. The molecule has 0 aromatic carbocycles. The number of nitrogens with zero attached hydrogens (tertiary/aromatic N) is 1. The normalized spacial score (nSPS) is 20.3. The van der Waals surface area contributed by atoms with Crippen LogP contribution in [0.25, 0.3) is 0 Å². The zero-order chi connectivity index (χ0) is 11.5. The summed E-state index contributed by atoms with van der Waals surface area (Å²) < 4.78 is 0. The Morgan fingerprint density at radius 1 is 1.38 bits per heavy atom. The lowest BCUT2D eigenvalue weighted by Gasteiger charge is -2.33. The Kier molecular flexibility index (Phi) is 3.77. The molecule has 0 spiro atoms. The van der Waals surface area contributed by atoms with Gasteiger partial charge in [0.2, 0.25) is 0 Å². The minimum absolute atomic E-state index is 0.444. The number of hydrogen-bond acceptors (Lipinski definition) is 3. The first-order valence-electron chi connectivity index (χ1n) is 5.90. The molecule has 0 amide bonds. The van der Waals surface area contributed by atoms with E-state index in [1.54, 1.807) is 0 Å². The average Bonchev–Trinajstić information content (AvgIpc) is 2.74. The third-order valence-corrected chi connectivity index (χ3v) is 4.37. The van der Waals surface area contributed by atoms with E-state index in [9.17, 15) is 4.79 Å². The Morgan fingerprint density at radius 3 is 2.56 bits per heavy atom. The van der Waals surface area contributed by atoms with E-state index in [0.29, 0.717) is 17.7 Å². The lowest BCUT2D eigenvalue weighted by atomic mass is 9.82. The largest absolute Gasteiger partial charge is 0.301 e. The molecule has 0 bridgehead atoms. The van der Waals surface area contributed by atoms with Gasteiger partial charge in [0.15, 0.2) is 0 Å². The predicted octanol–water partition coefficient (Wildman–Crippen LogP) is 3.11. The smallest absolute Gasteiger partial charge is 0.132 e. The van der Waals surface area contributed by atoms with Crippen LogP contribution < -0.4 is 0 Å². The topological polar surface area (TPSA) is 20.3 Å². The van der Waals surface area contributed by atoms with E-state index in [-0.39, 0.29) is 0 Å². The Bertz CT molecular complexity index is 335. The van der Waals surface area contributed by atoms with Crippen LogP contribution >= 0.6 is 11.3 Å². The van der Waals surface area contributed by atoms with Crippen molar-refractivity contribution in [2.75, 3.05) is 14.1 Å². The molecule has 0 radical (unpaired) electrons. The molecule has 0 saturated heterocycles. The highest BCUT2D eigenvalue weighted by atomic mass is 32.1. The Balaban J connectivity index is 2.11. The van der Waals surface area contributed by atoms with Crippen molar-refractivity contribution in [3.63, 3.8) is 0 Å². The van der Waals surface area contributed by atoms with Crippen molar-refractivity contribution in [3.05, 3.63) is 22.4 Å².